The largest absolute Gasteiger partial charge is 0.399 e. The monoisotopic (exact) mass is 249 g/mol. The van der Waals surface area contributed by atoms with E-state index in [9.17, 15) is 5.26 Å². The molecule has 1 unspecified atom stereocenters. The Labute approximate surface area is 112 Å². The highest BCUT2D eigenvalue weighted by atomic mass is 15.2. The number of hydrogen-bond donors (Lipinski definition) is 1. The number of nitrogens with zero attached hydrogens (tertiary/aromatic N) is 2. The average Bonchev–Trinajstić information content (AvgIpc) is 2.74. The Morgan fingerprint density at radius 3 is 2.79 bits per heavy atom. The van der Waals surface area contributed by atoms with Crippen LogP contribution in [0.4, 0.5) is 17.1 Å². The third-order valence-corrected chi connectivity index (χ3v) is 3.61. The third kappa shape index (κ3) is 1.82. The predicted molar refractivity (Wildman–Crippen MR) is 77.3 cm³/mol. The first-order valence-corrected chi connectivity index (χ1v) is 6.37. The van der Waals surface area contributed by atoms with E-state index in [1.165, 1.54) is 11.3 Å². The highest BCUT2D eigenvalue weighted by Gasteiger charge is 2.28. The van der Waals surface area contributed by atoms with Gasteiger partial charge in [-0.15, -0.1) is 0 Å². The first-order chi connectivity index (χ1) is 9.20. The molecule has 0 saturated heterocycles. The molecule has 3 rings (SSSR count). The molecule has 1 heterocycles. The van der Waals surface area contributed by atoms with Crippen LogP contribution in [0.3, 0.4) is 0 Å². The molecule has 0 radical (unpaired) electrons. The molecule has 3 heteroatoms. The zero-order valence-electron chi connectivity index (χ0n) is 10.8. The van der Waals surface area contributed by atoms with Crippen molar-refractivity contribution in [3.63, 3.8) is 0 Å². The molecule has 3 nitrogen and oxygen atoms in total. The number of nitriles is 1. The normalized spacial score (nSPS) is 17.1. The molecule has 0 spiro atoms. The van der Waals surface area contributed by atoms with Gasteiger partial charge in [0.1, 0.15) is 6.07 Å². The van der Waals surface area contributed by atoms with Gasteiger partial charge in [-0.1, -0.05) is 18.2 Å². The summed E-state index contributed by atoms with van der Waals surface area (Å²) in [4.78, 5) is 2.23. The number of benzene rings is 2. The van der Waals surface area contributed by atoms with E-state index in [2.05, 4.69) is 36.1 Å². The summed E-state index contributed by atoms with van der Waals surface area (Å²) in [7, 11) is 0. The van der Waals surface area contributed by atoms with Gasteiger partial charge in [-0.25, -0.2) is 0 Å². The molecule has 2 N–H and O–H groups in total. The van der Waals surface area contributed by atoms with Gasteiger partial charge < -0.3 is 10.6 Å². The van der Waals surface area contributed by atoms with Gasteiger partial charge in [0, 0.05) is 17.4 Å². The van der Waals surface area contributed by atoms with Crippen LogP contribution >= 0.6 is 0 Å². The summed E-state index contributed by atoms with van der Waals surface area (Å²) >= 11 is 0. The Balaban J connectivity index is 2.15. The Morgan fingerprint density at radius 1 is 1.21 bits per heavy atom. The SMILES string of the molecule is CC1Cc2ccccc2N1c1ccc(N)cc1C#N. The third-order valence-electron chi connectivity index (χ3n) is 3.61. The van der Waals surface area contributed by atoms with E-state index in [4.69, 9.17) is 5.73 Å². The first-order valence-electron chi connectivity index (χ1n) is 6.37. The minimum Gasteiger partial charge on any atom is -0.399 e. The van der Waals surface area contributed by atoms with Gasteiger partial charge in [-0.2, -0.15) is 5.26 Å². The minimum atomic E-state index is 0.355. The fourth-order valence-electron chi connectivity index (χ4n) is 2.79. The summed E-state index contributed by atoms with van der Waals surface area (Å²) in [6.45, 7) is 2.18. The fourth-order valence-corrected chi connectivity index (χ4v) is 2.79. The van der Waals surface area contributed by atoms with Crippen LogP contribution in [0, 0.1) is 11.3 Å². The second-order valence-electron chi connectivity index (χ2n) is 4.94. The maximum absolute atomic E-state index is 9.31. The van der Waals surface area contributed by atoms with E-state index in [-0.39, 0.29) is 0 Å². The quantitative estimate of drug-likeness (QED) is 0.789. The van der Waals surface area contributed by atoms with Crippen LogP contribution < -0.4 is 10.6 Å². The van der Waals surface area contributed by atoms with Crippen molar-refractivity contribution in [2.75, 3.05) is 10.6 Å². The molecule has 0 amide bonds. The number of anilines is 3. The van der Waals surface area contributed by atoms with Gasteiger partial charge in [0.25, 0.3) is 0 Å². The van der Waals surface area contributed by atoms with Gasteiger partial charge in [-0.05, 0) is 43.2 Å². The maximum Gasteiger partial charge on any atom is 0.101 e. The highest BCUT2D eigenvalue weighted by Crippen LogP contribution is 2.39. The predicted octanol–water partition coefficient (Wildman–Crippen LogP) is 3.22. The van der Waals surface area contributed by atoms with Crippen LogP contribution in [-0.2, 0) is 6.42 Å². The van der Waals surface area contributed by atoms with Crippen molar-refractivity contribution in [3.8, 4) is 6.07 Å². The lowest BCUT2D eigenvalue weighted by molar-refractivity contribution is 0.758. The summed E-state index contributed by atoms with van der Waals surface area (Å²) < 4.78 is 0. The van der Waals surface area contributed by atoms with Gasteiger partial charge in [0.05, 0.1) is 11.3 Å². The van der Waals surface area contributed by atoms with E-state index in [1.807, 2.05) is 18.2 Å². The topological polar surface area (TPSA) is 53.0 Å². The molecule has 0 aliphatic carbocycles. The lowest BCUT2D eigenvalue weighted by Gasteiger charge is -2.26. The maximum atomic E-state index is 9.31. The van der Waals surface area contributed by atoms with Crippen molar-refractivity contribution in [2.24, 2.45) is 0 Å². The lowest BCUT2D eigenvalue weighted by atomic mass is 10.1. The molecule has 19 heavy (non-hydrogen) atoms. The fraction of sp³-hybridized carbons (Fsp3) is 0.188. The number of hydrogen-bond acceptors (Lipinski definition) is 3. The van der Waals surface area contributed by atoms with Crippen molar-refractivity contribution in [1.29, 1.82) is 5.26 Å². The summed E-state index contributed by atoms with van der Waals surface area (Å²) in [6, 6.07) is 16.5. The molecular weight excluding hydrogens is 234 g/mol. The van der Waals surface area contributed by atoms with Crippen LogP contribution in [0.5, 0.6) is 0 Å². The number of rotatable bonds is 1. The number of para-hydroxylation sites is 1. The van der Waals surface area contributed by atoms with Crippen LogP contribution in [0.15, 0.2) is 42.5 Å². The van der Waals surface area contributed by atoms with E-state index >= 15 is 0 Å². The summed E-state index contributed by atoms with van der Waals surface area (Å²) in [5.41, 5.74) is 10.5. The number of fused-ring (bicyclic) bond motifs is 1. The van der Waals surface area contributed by atoms with Crippen LogP contribution in [-0.4, -0.2) is 6.04 Å². The molecule has 1 aliphatic heterocycles. The molecule has 0 saturated carbocycles. The molecule has 0 aromatic heterocycles. The average molecular weight is 249 g/mol. The highest BCUT2D eigenvalue weighted by molar-refractivity contribution is 5.76. The van der Waals surface area contributed by atoms with Crippen LogP contribution in [0.1, 0.15) is 18.1 Å². The van der Waals surface area contributed by atoms with E-state index in [0.29, 0.717) is 17.3 Å². The minimum absolute atomic E-state index is 0.355. The van der Waals surface area contributed by atoms with Crippen molar-refractivity contribution in [1.82, 2.24) is 0 Å². The number of nitrogen functional groups attached to an aromatic ring is 1. The van der Waals surface area contributed by atoms with E-state index in [1.54, 1.807) is 6.07 Å². The molecule has 1 atom stereocenters. The zero-order chi connectivity index (χ0) is 13.4. The van der Waals surface area contributed by atoms with Gasteiger partial charge in [0.2, 0.25) is 0 Å². The molecule has 2 aromatic rings. The zero-order valence-corrected chi connectivity index (χ0v) is 10.8. The number of nitrogens with two attached hydrogens (primary N) is 1. The second-order valence-corrected chi connectivity index (χ2v) is 4.94. The standard InChI is InChI=1S/C16H15N3/c1-11-8-12-4-2-3-5-15(12)19(11)16-7-6-14(18)9-13(16)10-17/h2-7,9,11H,8,18H2,1H3. The van der Waals surface area contributed by atoms with Crippen molar-refractivity contribution in [2.45, 2.75) is 19.4 Å². The summed E-state index contributed by atoms with van der Waals surface area (Å²) in [5.74, 6) is 0. The van der Waals surface area contributed by atoms with Gasteiger partial charge >= 0.3 is 0 Å². The Morgan fingerprint density at radius 2 is 2.00 bits per heavy atom. The van der Waals surface area contributed by atoms with Gasteiger partial charge in [0.15, 0.2) is 0 Å². The Bertz CT molecular complexity index is 670. The molecule has 0 bridgehead atoms. The lowest BCUT2D eigenvalue weighted by Crippen LogP contribution is -2.24. The van der Waals surface area contributed by atoms with Crippen LogP contribution in [0.2, 0.25) is 0 Å². The van der Waals surface area contributed by atoms with Gasteiger partial charge in [-0.3, -0.25) is 0 Å². The van der Waals surface area contributed by atoms with E-state index < -0.39 is 0 Å². The summed E-state index contributed by atoms with van der Waals surface area (Å²) in [5, 5.41) is 9.31. The smallest absolute Gasteiger partial charge is 0.101 e. The molecule has 1 aliphatic rings. The van der Waals surface area contributed by atoms with Crippen molar-refractivity contribution >= 4 is 17.1 Å². The second kappa shape index (κ2) is 4.33. The Hall–Kier alpha value is -2.47. The Kier molecular flexibility index (Phi) is 2.64. The van der Waals surface area contributed by atoms with Crippen molar-refractivity contribution in [3.05, 3.63) is 53.6 Å². The molecule has 94 valence electrons. The van der Waals surface area contributed by atoms with Crippen LogP contribution in [0.25, 0.3) is 0 Å². The molecule has 2 aromatic carbocycles. The molecular formula is C16H15N3. The first kappa shape index (κ1) is 11.6. The summed E-state index contributed by atoms with van der Waals surface area (Å²) in [6.07, 6.45) is 1.01. The van der Waals surface area contributed by atoms with E-state index in [0.717, 1.165) is 12.1 Å². The van der Waals surface area contributed by atoms with Crippen molar-refractivity contribution < 1.29 is 0 Å². The molecule has 0 fully saturated rings.